The lowest BCUT2D eigenvalue weighted by molar-refractivity contribution is -0.125. The Morgan fingerprint density at radius 3 is 2.65 bits per heavy atom. The summed E-state index contributed by atoms with van der Waals surface area (Å²) in [6, 6.07) is 7.50. The monoisotopic (exact) mass is 252 g/mol. The predicted molar refractivity (Wildman–Crippen MR) is 68.6 cm³/mol. The van der Waals surface area contributed by atoms with Crippen LogP contribution in [0.4, 0.5) is 0 Å². The molecule has 1 aromatic carbocycles. The predicted octanol–water partition coefficient (Wildman–Crippen LogP) is 2.08. The maximum atomic E-state index is 11.9. The molecule has 2 rings (SSSR count). The van der Waals surface area contributed by atoms with Crippen LogP contribution in [0.3, 0.4) is 0 Å². The van der Waals surface area contributed by atoms with Gasteiger partial charge >= 0.3 is 0 Å². The first-order chi connectivity index (χ1) is 8.16. The molecule has 2 unspecified atom stereocenters. The number of carbonyl (C=O) groups excluding carboxylic acids is 1. The number of hydrogen-bond acceptors (Lipinski definition) is 2. The maximum absolute atomic E-state index is 11.9. The van der Waals surface area contributed by atoms with Crippen molar-refractivity contribution in [1.82, 2.24) is 5.32 Å². The molecule has 3 nitrogen and oxygen atoms in total. The van der Waals surface area contributed by atoms with Crippen LogP contribution >= 0.6 is 11.6 Å². The first-order valence-corrected chi connectivity index (χ1v) is 6.32. The normalized spacial score (nSPS) is 23.6. The van der Waals surface area contributed by atoms with Crippen LogP contribution < -0.4 is 11.1 Å². The second-order valence-electron chi connectivity index (χ2n) is 4.55. The van der Waals surface area contributed by atoms with Crippen LogP contribution in [-0.4, -0.2) is 11.9 Å². The highest BCUT2D eigenvalue weighted by Crippen LogP contribution is 2.24. The van der Waals surface area contributed by atoms with E-state index in [0.29, 0.717) is 11.6 Å². The van der Waals surface area contributed by atoms with Crippen molar-refractivity contribution in [2.45, 2.75) is 31.8 Å². The Morgan fingerprint density at radius 1 is 1.35 bits per heavy atom. The van der Waals surface area contributed by atoms with Crippen molar-refractivity contribution in [1.29, 1.82) is 0 Å². The fourth-order valence-corrected chi connectivity index (χ4v) is 2.36. The van der Waals surface area contributed by atoms with Crippen LogP contribution in [0, 0.1) is 5.92 Å². The third-order valence-electron chi connectivity index (χ3n) is 3.29. The largest absolute Gasteiger partial charge is 0.352 e. The quantitative estimate of drug-likeness (QED) is 0.866. The molecule has 1 fully saturated rings. The maximum Gasteiger partial charge on any atom is 0.224 e. The molecule has 0 radical (unpaired) electrons. The second-order valence-corrected chi connectivity index (χ2v) is 4.98. The zero-order chi connectivity index (χ0) is 12.3. The highest BCUT2D eigenvalue weighted by molar-refractivity contribution is 6.30. The fourth-order valence-electron chi connectivity index (χ4n) is 2.24. The average Bonchev–Trinajstić information content (AvgIpc) is 2.74. The third kappa shape index (κ3) is 3.20. The van der Waals surface area contributed by atoms with Crippen molar-refractivity contribution in [3.8, 4) is 0 Å². The topological polar surface area (TPSA) is 55.1 Å². The van der Waals surface area contributed by atoms with Crippen molar-refractivity contribution < 1.29 is 4.79 Å². The van der Waals surface area contributed by atoms with Gasteiger partial charge in [-0.2, -0.15) is 0 Å². The fraction of sp³-hybridized carbons (Fsp3) is 0.462. The highest BCUT2D eigenvalue weighted by atomic mass is 35.5. The van der Waals surface area contributed by atoms with Crippen LogP contribution in [0.15, 0.2) is 24.3 Å². The van der Waals surface area contributed by atoms with Gasteiger partial charge in [0.15, 0.2) is 0 Å². The Hall–Kier alpha value is -1.06. The number of amides is 1. The van der Waals surface area contributed by atoms with E-state index in [0.717, 1.165) is 24.8 Å². The Bertz CT molecular complexity index is 391. The van der Waals surface area contributed by atoms with E-state index in [4.69, 9.17) is 17.3 Å². The van der Waals surface area contributed by atoms with Gasteiger partial charge in [0, 0.05) is 17.6 Å². The van der Waals surface area contributed by atoms with E-state index in [9.17, 15) is 4.79 Å². The summed E-state index contributed by atoms with van der Waals surface area (Å²) in [4.78, 5) is 11.9. The Labute approximate surface area is 106 Å². The van der Waals surface area contributed by atoms with Crippen molar-refractivity contribution in [3.05, 3.63) is 34.9 Å². The Kier molecular flexibility index (Phi) is 4.02. The molecule has 0 bridgehead atoms. The molecule has 2 atom stereocenters. The number of nitrogens with two attached hydrogens (primary N) is 1. The summed E-state index contributed by atoms with van der Waals surface area (Å²) in [6.45, 7) is 0.541. The van der Waals surface area contributed by atoms with Gasteiger partial charge in [-0.25, -0.2) is 0 Å². The Balaban J connectivity index is 1.85. The van der Waals surface area contributed by atoms with E-state index in [1.165, 1.54) is 0 Å². The number of nitrogens with one attached hydrogen (secondary N) is 1. The van der Waals surface area contributed by atoms with Crippen molar-refractivity contribution >= 4 is 17.5 Å². The number of carbonyl (C=O) groups is 1. The third-order valence-corrected chi connectivity index (χ3v) is 3.54. The van der Waals surface area contributed by atoms with Crippen LogP contribution in [0.1, 0.15) is 24.8 Å². The van der Waals surface area contributed by atoms with Crippen molar-refractivity contribution in [3.63, 3.8) is 0 Å². The Morgan fingerprint density at radius 2 is 2.06 bits per heavy atom. The minimum Gasteiger partial charge on any atom is -0.352 e. The molecule has 1 aromatic rings. The summed E-state index contributed by atoms with van der Waals surface area (Å²) < 4.78 is 0. The number of halogens is 1. The molecular formula is C13H17ClN2O. The molecule has 1 aliphatic rings. The van der Waals surface area contributed by atoms with Gasteiger partial charge in [0.25, 0.3) is 0 Å². The molecule has 0 spiro atoms. The first kappa shape index (κ1) is 12.4. The van der Waals surface area contributed by atoms with Gasteiger partial charge in [0.1, 0.15) is 0 Å². The smallest absolute Gasteiger partial charge is 0.224 e. The lowest BCUT2D eigenvalue weighted by Crippen LogP contribution is -2.38. The molecule has 17 heavy (non-hydrogen) atoms. The van der Waals surface area contributed by atoms with Crippen LogP contribution in [0.25, 0.3) is 0 Å². The lowest BCUT2D eigenvalue weighted by Gasteiger charge is -2.15. The summed E-state index contributed by atoms with van der Waals surface area (Å²) >= 11 is 5.79. The first-order valence-electron chi connectivity index (χ1n) is 5.94. The zero-order valence-corrected chi connectivity index (χ0v) is 10.4. The molecular weight excluding hydrogens is 236 g/mol. The van der Waals surface area contributed by atoms with E-state index in [2.05, 4.69) is 5.32 Å². The lowest BCUT2D eigenvalue weighted by atomic mass is 10.0. The van der Waals surface area contributed by atoms with E-state index < -0.39 is 0 Å². The van der Waals surface area contributed by atoms with Gasteiger partial charge in [-0.1, -0.05) is 30.2 Å². The standard InChI is InChI=1S/C13H17ClN2O/c14-10-6-4-9(5-7-10)8-16-13(17)11-2-1-3-12(11)15/h4-7,11-12H,1-3,8,15H2,(H,16,17). The summed E-state index contributed by atoms with van der Waals surface area (Å²) in [5, 5.41) is 3.64. The van der Waals surface area contributed by atoms with E-state index in [1.807, 2.05) is 24.3 Å². The molecule has 1 aliphatic carbocycles. The van der Waals surface area contributed by atoms with Gasteiger partial charge in [-0.3, -0.25) is 4.79 Å². The van der Waals surface area contributed by atoms with Gasteiger partial charge < -0.3 is 11.1 Å². The molecule has 4 heteroatoms. The van der Waals surface area contributed by atoms with Gasteiger partial charge in [0.05, 0.1) is 5.92 Å². The molecule has 0 aliphatic heterocycles. The van der Waals surface area contributed by atoms with Gasteiger partial charge in [0.2, 0.25) is 5.91 Å². The van der Waals surface area contributed by atoms with Crippen LogP contribution in [-0.2, 0) is 11.3 Å². The molecule has 1 saturated carbocycles. The molecule has 1 amide bonds. The van der Waals surface area contributed by atoms with E-state index >= 15 is 0 Å². The number of benzene rings is 1. The van der Waals surface area contributed by atoms with Gasteiger partial charge in [-0.15, -0.1) is 0 Å². The molecule has 92 valence electrons. The second kappa shape index (κ2) is 5.52. The minimum absolute atomic E-state index is 0.0118. The molecule has 0 saturated heterocycles. The summed E-state index contributed by atoms with van der Waals surface area (Å²) in [6.07, 6.45) is 2.92. The van der Waals surface area contributed by atoms with E-state index in [1.54, 1.807) is 0 Å². The van der Waals surface area contributed by atoms with Crippen molar-refractivity contribution in [2.75, 3.05) is 0 Å². The summed E-state index contributed by atoms with van der Waals surface area (Å²) in [7, 11) is 0. The molecule has 0 aromatic heterocycles. The number of rotatable bonds is 3. The minimum atomic E-state index is -0.0118. The van der Waals surface area contributed by atoms with Crippen molar-refractivity contribution in [2.24, 2.45) is 11.7 Å². The van der Waals surface area contributed by atoms with Gasteiger partial charge in [-0.05, 0) is 30.5 Å². The van der Waals surface area contributed by atoms with E-state index in [-0.39, 0.29) is 17.9 Å². The summed E-state index contributed by atoms with van der Waals surface area (Å²) in [5.74, 6) is 0.0623. The summed E-state index contributed by atoms with van der Waals surface area (Å²) in [5.41, 5.74) is 6.94. The van der Waals surface area contributed by atoms with Crippen LogP contribution in [0.2, 0.25) is 5.02 Å². The zero-order valence-electron chi connectivity index (χ0n) is 9.66. The van der Waals surface area contributed by atoms with Crippen LogP contribution in [0.5, 0.6) is 0 Å². The molecule has 3 N–H and O–H groups in total. The number of hydrogen-bond donors (Lipinski definition) is 2. The molecule has 0 heterocycles. The highest BCUT2D eigenvalue weighted by Gasteiger charge is 2.29. The average molecular weight is 253 g/mol. The SMILES string of the molecule is NC1CCCC1C(=O)NCc1ccc(Cl)cc1.